The summed E-state index contributed by atoms with van der Waals surface area (Å²) in [6.45, 7) is 10.4. The van der Waals surface area contributed by atoms with Crippen molar-refractivity contribution >= 4 is 21.5 Å². The predicted molar refractivity (Wildman–Crippen MR) is 318 cm³/mol. The molecule has 0 radical (unpaired) electrons. The van der Waals surface area contributed by atoms with Gasteiger partial charge < -0.3 is 0 Å². The SMILES string of the molecule is Cc1cc(-c2ccccc2)cc(-c2ccccc2)c1.Cc1cc(F)cc(-c2cccc3ccccc23)c1.Cc1ccc(-c2ccccc2)cc1.Cc1cccc(-c2ccccc2)c1.Cc1cccc2ccccc12. The van der Waals surface area contributed by atoms with Crippen LogP contribution in [0.15, 0.2) is 291 Å². The van der Waals surface area contributed by atoms with Crippen LogP contribution in [0.5, 0.6) is 0 Å². The van der Waals surface area contributed by atoms with Crippen LogP contribution in [0.3, 0.4) is 0 Å². The van der Waals surface area contributed by atoms with Gasteiger partial charge in [-0.3, -0.25) is 0 Å². The van der Waals surface area contributed by atoms with Crippen molar-refractivity contribution in [3.05, 3.63) is 325 Å². The van der Waals surface area contributed by atoms with Crippen LogP contribution in [0.2, 0.25) is 0 Å². The fraction of sp³-hybridized carbons (Fsp3) is 0.0685. The van der Waals surface area contributed by atoms with E-state index in [0.717, 1.165) is 22.1 Å². The first-order chi connectivity index (χ1) is 36.2. The maximum absolute atomic E-state index is 13.5. The van der Waals surface area contributed by atoms with Gasteiger partial charge in [0.25, 0.3) is 0 Å². The molecule has 362 valence electrons. The van der Waals surface area contributed by atoms with Gasteiger partial charge in [-0.05, 0) is 147 Å². The summed E-state index contributed by atoms with van der Waals surface area (Å²) in [5.41, 5.74) is 18.4. The molecule has 12 aromatic rings. The highest BCUT2D eigenvalue weighted by Gasteiger charge is 2.06. The van der Waals surface area contributed by atoms with Crippen molar-refractivity contribution in [2.45, 2.75) is 34.6 Å². The minimum Gasteiger partial charge on any atom is -0.207 e. The van der Waals surface area contributed by atoms with Gasteiger partial charge in [0.1, 0.15) is 5.82 Å². The van der Waals surface area contributed by atoms with Crippen LogP contribution in [0.25, 0.3) is 77.2 Å². The molecule has 1 heteroatoms. The highest BCUT2D eigenvalue weighted by Crippen LogP contribution is 2.31. The van der Waals surface area contributed by atoms with Crippen molar-refractivity contribution in [2.75, 3.05) is 0 Å². The van der Waals surface area contributed by atoms with Gasteiger partial charge in [0, 0.05) is 0 Å². The molecule has 74 heavy (non-hydrogen) atoms. The van der Waals surface area contributed by atoms with Crippen molar-refractivity contribution in [3.8, 4) is 55.6 Å². The molecule has 0 atom stereocenters. The lowest BCUT2D eigenvalue weighted by Crippen LogP contribution is -1.85. The average Bonchev–Trinajstić information content (AvgIpc) is 3.44. The summed E-state index contributed by atoms with van der Waals surface area (Å²) in [4.78, 5) is 0. The summed E-state index contributed by atoms with van der Waals surface area (Å²) in [6, 6.07) is 100. The van der Waals surface area contributed by atoms with Gasteiger partial charge in [0.15, 0.2) is 0 Å². The zero-order valence-electron chi connectivity index (χ0n) is 43.1. The standard InChI is InChI=1S/C19H16.C17H13F.2C13H12.C11H10/c1-15-12-18(16-8-4-2-5-9-16)14-19(13-15)17-10-6-3-7-11-17;1-12-9-14(11-15(18)10-12)17-8-4-6-13-5-2-3-7-16(13)17;1-11-6-5-9-13(10-11)12-7-3-2-4-8-12;1-11-7-9-13(10-8-11)12-5-3-2-4-6-12;1-9-5-4-7-10-6-2-3-8-11(9)10/h2-14H,1H3;2-11H,1H3;2*2-10H,1H3;2-8H,1H3. The third kappa shape index (κ3) is 14.6. The van der Waals surface area contributed by atoms with Crippen molar-refractivity contribution < 1.29 is 4.39 Å². The maximum Gasteiger partial charge on any atom is 0.124 e. The lowest BCUT2D eigenvalue weighted by Gasteiger charge is -2.08. The van der Waals surface area contributed by atoms with Crippen LogP contribution in [-0.4, -0.2) is 0 Å². The van der Waals surface area contributed by atoms with E-state index in [1.165, 1.54) is 82.9 Å². The Labute approximate surface area is 438 Å². The van der Waals surface area contributed by atoms with E-state index in [1.54, 1.807) is 12.1 Å². The first-order valence-corrected chi connectivity index (χ1v) is 25.3. The van der Waals surface area contributed by atoms with E-state index < -0.39 is 0 Å². The van der Waals surface area contributed by atoms with Crippen LogP contribution in [0, 0.1) is 40.4 Å². The fourth-order valence-electron chi connectivity index (χ4n) is 8.97. The molecule has 0 spiro atoms. The van der Waals surface area contributed by atoms with E-state index in [2.05, 4.69) is 264 Å². The Balaban J connectivity index is 0.000000125. The summed E-state index contributed by atoms with van der Waals surface area (Å²) < 4.78 is 13.5. The quantitative estimate of drug-likeness (QED) is 0.161. The van der Waals surface area contributed by atoms with E-state index in [1.807, 2.05) is 49.4 Å². The van der Waals surface area contributed by atoms with Crippen LogP contribution in [-0.2, 0) is 0 Å². The normalized spacial score (nSPS) is 10.3. The topological polar surface area (TPSA) is 0 Å². The summed E-state index contributed by atoms with van der Waals surface area (Å²) in [6.07, 6.45) is 0. The lowest BCUT2D eigenvalue weighted by molar-refractivity contribution is 0.627. The van der Waals surface area contributed by atoms with Crippen molar-refractivity contribution in [3.63, 3.8) is 0 Å². The van der Waals surface area contributed by atoms with Gasteiger partial charge >= 0.3 is 0 Å². The molecular formula is C73H63F. The fourth-order valence-corrected chi connectivity index (χ4v) is 8.97. The minimum absolute atomic E-state index is 0.182. The summed E-state index contributed by atoms with van der Waals surface area (Å²) >= 11 is 0. The number of hydrogen-bond donors (Lipinski definition) is 0. The molecule has 12 rings (SSSR count). The first kappa shape index (κ1) is 51.4. The van der Waals surface area contributed by atoms with Crippen molar-refractivity contribution in [1.29, 1.82) is 0 Å². The van der Waals surface area contributed by atoms with E-state index >= 15 is 0 Å². The molecule has 12 aromatic carbocycles. The summed E-state index contributed by atoms with van der Waals surface area (Å²) in [5.74, 6) is -0.182. The number of fused-ring (bicyclic) bond motifs is 2. The second kappa shape index (κ2) is 26.0. The molecule has 0 unspecified atom stereocenters. The Bertz CT molecular complexity index is 3550. The molecule has 0 nitrogen and oxygen atoms in total. The minimum atomic E-state index is -0.182. The highest BCUT2D eigenvalue weighted by atomic mass is 19.1. The Morgan fingerprint density at radius 2 is 0.595 bits per heavy atom. The molecule has 0 N–H and O–H groups in total. The summed E-state index contributed by atoms with van der Waals surface area (Å²) in [5, 5.41) is 5.02. The van der Waals surface area contributed by atoms with Gasteiger partial charge in [0.2, 0.25) is 0 Å². The average molecular weight is 959 g/mol. The molecule has 0 aliphatic carbocycles. The zero-order chi connectivity index (χ0) is 51.5. The Morgan fingerprint density at radius 3 is 1.12 bits per heavy atom. The van der Waals surface area contributed by atoms with Crippen molar-refractivity contribution in [1.82, 2.24) is 0 Å². The first-order valence-electron chi connectivity index (χ1n) is 25.3. The Kier molecular flexibility index (Phi) is 18.1. The van der Waals surface area contributed by atoms with Gasteiger partial charge in [-0.1, -0.05) is 284 Å². The van der Waals surface area contributed by atoms with Crippen LogP contribution < -0.4 is 0 Å². The highest BCUT2D eigenvalue weighted by molar-refractivity contribution is 5.96. The predicted octanol–water partition coefficient (Wildman–Crippen LogP) is 20.8. The van der Waals surface area contributed by atoms with Crippen LogP contribution >= 0.6 is 0 Å². The Hall–Kier alpha value is -8.91. The van der Waals surface area contributed by atoms with E-state index in [4.69, 9.17) is 0 Å². The number of halogens is 1. The molecule has 0 amide bonds. The Morgan fingerprint density at radius 1 is 0.216 bits per heavy atom. The maximum atomic E-state index is 13.5. The summed E-state index contributed by atoms with van der Waals surface area (Å²) in [7, 11) is 0. The van der Waals surface area contributed by atoms with Gasteiger partial charge in [0.05, 0.1) is 0 Å². The van der Waals surface area contributed by atoms with E-state index in [9.17, 15) is 4.39 Å². The number of hydrogen-bond acceptors (Lipinski definition) is 0. The van der Waals surface area contributed by atoms with Gasteiger partial charge in [-0.2, -0.15) is 0 Å². The number of rotatable bonds is 5. The van der Waals surface area contributed by atoms with Gasteiger partial charge in [-0.25, -0.2) is 4.39 Å². The molecule has 0 fully saturated rings. The molecule has 0 aliphatic heterocycles. The number of benzene rings is 12. The largest absolute Gasteiger partial charge is 0.207 e. The van der Waals surface area contributed by atoms with Gasteiger partial charge in [-0.15, -0.1) is 0 Å². The molecule has 0 saturated heterocycles. The lowest BCUT2D eigenvalue weighted by atomic mass is 9.97. The van der Waals surface area contributed by atoms with Crippen molar-refractivity contribution in [2.24, 2.45) is 0 Å². The van der Waals surface area contributed by atoms with E-state index in [-0.39, 0.29) is 5.82 Å². The smallest absolute Gasteiger partial charge is 0.124 e. The molecule has 0 aliphatic rings. The number of aryl methyl sites for hydroxylation is 5. The van der Waals surface area contributed by atoms with Crippen LogP contribution in [0.1, 0.15) is 27.8 Å². The molecule has 0 heterocycles. The molecule has 0 aromatic heterocycles. The zero-order valence-corrected chi connectivity index (χ0v) is 43.1. The second-order valence-electron chi connectivity index (χ2n) is 18.6. The second-order valence-corrected chi connectivity index (χ2v) is 18.6. The third-order valence-corrected chi connectivity index (χ3v) is 12.7. The third-order valence-electron chi connectivity index (χ3n) is 12.7. The van der Waals surface area contributed by atoms with E-state index in [0.29, 0.717) is 0 Å². The molecule has 0 saturated carbocycles. The van der Waals surface area contributed by atoms with Crippen LogP contribution in [0.4, 0.5) is 4.39 Å². The molecular weight excluding hydrogens is 896 g/mol. The molecule has 0 bridgehead atoms. The monoisotopic (exact) mass is 958 g/mol.